The molecule has 8 heteroatoms. The van der Waals surface area contributed by atoms with E-state index in [1.807, 2.05) is 52.8 Å². The van der Waals surface area contributed by atoms with Gasteiger partial charge in [-0.3, -0.25) is 4.79 Å². The van der Waals surface area contributed by atoms with Gasteiger partial charge in [0.15, 0.2) is 5.65 Å². The molecule has 3 aromatic heterocycles. The lowest BCUT2D eigenvalue weighted by Gasteiger charge is -2.12. The highest BCUT2D eigenvalue weighted by molar-refractivity contribution is 5.92. The van der Waals surface area contributed by atoms with E-state index in [4.69, 9.17) is 0 Å². The van der Waals surface area contributed by atoms with Crippen molar-refractivity contribution in [2.45, 2.75) is 41.2 Å². The maximum Gasteiger partial charge on any atom is 0.350 e. The summed E-state index contributed by atoms with van der Waals surface area (Å²) in [5, 5.41) is 12.1. The van der Waals surface area contributed by atoms with Crippen LogP contribution >= 0.6 is 0 Å². The molecule has 5 rings (SSSR count). The zero-order chi connectivity index (χ0) is 24.1. The molecule has 172 valence electrons. The minimum absolute atomic E-state index is 0.183. The zero-order valence-electron chi connectivity index (χ0n) is 19.9. The van der Waals surface area contributed by atoms with Crippen molar-refractivity contribution in [1.29, 1.82) is 0 Å². The minimum Gasteiger partial charge on any atom is -0.324 e. The molecule has 0 aliphatic rings. The highest BCUT2D eigenvalue weighted by Gasteiger charge is 2.17. The van der Waals surface area contributed by atoms with E-state index in [1.165, 1.54) is 9.08 Å². The number of nitrogens with zero attached hydrogens (tertiary/aromatic N) is 5. The molecule has 1 N–H and O–H groups in total. The van der Waals surface area contributed by atoms with Crippen molar-refractivity contribution in [3.8, 4) is 11.3 Å². The van der Waals surface area contributed by atoms with E-state index in [9.17, 15) is 9.59 Å². The first-order valence-corrected chi connectivity index (χ1v) is 11.1. The van der Waals surface area contributed by atoms with Crippen LogP contribution in [0.4, 0.5) is 5.69 Å². The molecule has 1 amide bonds. The first-order valence-electron chi connectivity index (χ1n) is 11.1. The van der Waals surface area contributed by atoms with Crippen LogP contribution in [0.1, 0.15) is 27.8 Å². The number of hydrogen-bond donors (Lipinski definition) is 1. The predicted molar refractivity (Wildman–Crippen MR) is 132 cm³/mol. The number of aryl methyl sites for hydroxylation is 5. The van der Waals surface area contributed by atoms with Crippen molar-refractivity contribution >= 4 is 22.8 Å². The summed E-state index contributed by atoms with van der Waals surface area (Å²) in [7, 11) is 0. The van der Waals surface area contributed by atoms with Crippen LogP contribution in [0.25, 0.3) is 22.4 Å². The molecule has 8 nitrogen and oxygen atoms in total. The van der Waals surface area contributed by atoms with Gasteiger partial charge in [0.05, 0.1) is 5.69 Å². The largest absolute Gasteiger partial charge is 0.350 e. The second-order valence-corrected chi connectivity index (χ2v) is 8.93. The van der Waals surface area contributed by atoms with Crippen molar-refractivity contribution < 1.29 is 4.79 Å². The van der Waals surface area contributed by atoms with Gasteiger partial charge < -0.3 is 5.32 Å². The zero-order valence-corrected chi connectivity index (χ0v) is 19.9. The maximum absolute atomic E-state index is 13.0. The summed E-state index contributed by atoms with van der Waals surface area (Å²) in [5.74, 6) is -0.304. The van der Waals surface area contributed by atoms with E-state index in [-0.39, 0.29) is 18.1 Å². The molecule has 0 spiro atoms. The predicted octanol–water partition coefficient (Wildman–Crippen LogP) is 3.99. The summed E-state index contributed by atoms with van der Waals surface area (Å²) >= 11 is 0. The van der Waals surface area contributed by atoms with Crippen LogP contribution in [0.15, 0.2) is 53.6 Å². The molecular weight excluding hydrogens is 428 g/mol. The van der Waals surface area contributed by atoms with Gasteiger partial charge in [-0.2, -0.15) is 5.10 Å². The lowest BCUT2D eigenvalue weighted by atomic mass is 10.0. The number of carbonyl (C=O) groups is 1. The number of rotatable bonds is 4. The average Bonchev–Trinajstić information content (AvgIpc) is 3.34. The summed E-state index contributed by atoms with van der Waals surface area (Å²) in [4.78, 5) is 25.8. The van der Waals surface area contributed by atoms with Crippen molar-refractivity contribution in [2.75, 3.05) is 5.32 Å². The van der Waals surface area contributed by atoms with E-state index in [2.05, 4.69) is 33.7 Å². The molecule has 0 aliphatic carbocycles. The smallest absolute Gasteiger partial charge is 0.324 e. The van der Waals surface area contributed by atoms with Gasteiger partial charge in [-0.05, 0) is 63.4 Å². The van der Waals surface area contributed by atoms with Gasteiger partial charge in [-0.25, -0.2) is 18.4 Å². The monoisotopic (exact) mass is 454 g/mol. The molecule has 5 aromatic rings. The number of fused-ring (bicyclic) bond motifs is 3. The number of amides is 1. The highest BCUT2D eigenvalue weighted by atomic mass is 16.2. The first-order chi connectivity index (χ1) is 16.2. The van der Waals surface area contributed by atoms with E-state index in [0.717, 1.165) is 44.8 Å². The second-order valence-electron chi connectivity index (χ2n) is 8.93. The van der Waals surface area contributed by atoms with Crippen LogP contribution < -0.4 is 11.0 Å². The number of nitrogens with one attached hydrogen (secondary N) is 1. The second kappa shape index (κ2) is 7.98. The highest BCUT2D eigenvalue weighted by Crippen LogP contribution is 2.26. The lowest BCUT2D eigenvalue weighted by Crippen LogP contribution is -2.28. The van der Waals surface area contributed by atoms with Crippen LogP contribution in [0, 0.1) is 34.6 Å². The van der Waals surface area contributed by atoms with Crippen LogP contribution in [0.5, 0.6) is 0 Å². The van der Waals surface area contributed by atoms with Gasteiger partial charge in [0.25, 0.3) is 0 Å². The van der Waals surface area contributed by atoms with E-state index < -0.39 is 0 Å². The van der Waals surface area contributed by atoms with Crippen molar-refractivity contribution in [1.82, 2.24) is 23.8 Å². The third kappa shape index (κ3) is 3.67. The fraction of sp³-hybridized carbons (Fsp3) is 0.231. The van der Waals surface area contributed by atoms with Crippen LogP contribution in [-0.4, -0.2) is 29.7 Å². The van der Waals surface area contributed by atoms with Crippen LogP contribution in [0.2, 0.25) is 0 Å². The quantitative estimate of drug-likeness (QED) is 0.445. The van der Waals surface area contributed by atoms with E-state index >= 15 is 0 Å². The molecule has 3 heterocycles. The molecule has 0 aliphatic heterocycles. The Labute approximate surface area is 196 Å². The number of hydrogen-bond acceptors (Lipinski definition) is 4. The number of carbonyl (C=O) groups excluding carboxylic acids is 1. The van der Waals surface area contributed by atoms with Crippen LogP contribution in [-0.2, 0) is 11.3 Å². The fourth-order valence-electron chi connectivity index (χ4n) is 4.47. The van der Waals surface area contributed by atoms with Crippen LogP contribution in [0.3, 0.4) is 0 Å². The van der Waals surface area contributed by atoms with Gasteiger partial charge in [0, 0.05) is 23.6 Å². The molecule has 0 fully saturated rings. The lowest BCUT2D eigenvalue weighted by molar-refractivity contribution is -0.117. The standard InChI is InChI=1S/C26H26N6O2/c1-15-6-7-17(3)20(12-15)21-13-22-25-29-32(26(34)30(25)8-9-31(22)28-21)14-23(33)27-24-18(4)10-16(2)11-19(24)5/h6-13H,14H2,1-5H3,(H,27,33). The molecule has 0 unspecified atom stereocenters. The van der Waals surface area contributed by atoms with Gasteiger partial charge in [-0.1, -0.05) is 35.4 Å². The summed E-state index contributed by atoms with van der Waals surface area (Å²) < 4.78 is 4.34. The van der Waals surface area contributed by atoms with Crippen molar-refractivity contribution in [2.24, 2.45) is 0 Å². The summed E-state index contributed by atoms with van der Waals surface area (Å²) in [6.07, 6.45) is 3.35. The Morgan fingerprint density at radius 1 is 0.882 bits per heavy atom. The van der Waals surface area contributed by atoms with Gasteiger partial charge >= 0.3 is 5.69 Å². The summed E-state index contributed by atoms with van der Waals surface area (Å²) in [6, 6.07) is 12.2. The average molecular weight is 455 g/mol. The molecule has 2 aromatic carbocycles. The Morgan fingerprint density at radius 3 is 2.35 bits per heavy atom. The molecular formula is C26H26N6O2. The number of aromatic nitrogens is 5. The van der Waals surface area contributed by atoms with Crippen molar-refractivity contribution in [3.63, 3.8) is 0 Å². The molecule has 34 heavy (non-hydrogen) atoms. The molecule has 0 radical (unpaired) electrons. The molecule has 0 atom stereocenters. The fourth-order valence-corrected chi connectivity index (χ4v) is 4.47. The Bertz CT molecular complexity index is 1630. The number of benzene rings is 2. The van der Waals surface area contributed by atoms with Gasteiger partial charge in [-0.15, -0.1) is 5.10 Å². The van der Waals surface area contributed by atoms with Gasteiger partial charge in [0.2, 0.25) is 5.91 Å². The maximum atomic E-state index is 13.0. The Hall–Kier alpha value is -4.20. The minimum atomic E-state index is -0.375. The third-order valence-corrected chi connectivity index (χ3v) is 6.10. The summed E-state index contributed by atoms with van der Waals surface area (Å²) in [6.45, 7) is 9.84. The summed E-state index contributed by atoms with van der Waals surface area (Å²) in [5.41, 5.74) is 8.73. The Kier molecular flexibility index (Phi) is 5.08. The molecule has 0 bridgehead atoms. The first kappa shape index (κ1) is 21.6. The topological polar surface area (TPSA) is 85.7 Å². The molecule has 0 saturated carbocycles. The Morgan fingerprint density at radius 2 is 1.62 bits per heavy atom. The normalized spacial score (nSPS) is 11.4. The van der Waals surface area contributed by atoms with Gasteiger partial charge in [0.1, 0.15) is 12.1 Å². The SMILES string of the molecule is Cc1cc(C)c(NC(=O)Cn2nc3c4cc(-c5cc(C)ccc5C)nn4ccn3c2=O)c(C)c1. The Balaban J connectivity index is 1.51. The van der Waals surface area contributed by atoms with E-state index in [1.54, 1.807) is 16.9 Å². The van der Waals surface area contributed by atoms with E-state index in [0.29, 0.717) is 11.2 Å². The third-order valence-electron chi connectivity index (χ3n) is 6.10. The number of anilines is 1. The molecule has 0 saturated heterocycles. The van der Waals surface area contributed by atoms with Crippen molar-refractivity contribution in [3.05, 3.63) is 87.1 Å².